The third-order valence-electron chi connectivity index (χ3n) is 6.63. The predicted octanol–water partition coefficient (Wildman–Crippen LogP) is 10.2. The van der Waals surface area contributed by atoms with Crippen LogP contribution in [-0.2, 0) is 0 Å². The third-order valence-corrected chi connectivity index (χ3v) is 6.63. The number of hydrogen-bond donors (Lipinski definition) is 0. The number of para-hydroxylation sites is 2. The van der Waals surface area contributed by atoms with E-state index in [0.717, 1.165) is 11.4 Å². The van der Waals surface area contributed by atoms with Gasteiger partial charge in [-0.25, -0.2) is 0 Å². The van der Waals surface area contributed by atoms with Crippen molar-refractivity contribution in [2.24, 2.45) is 0 Å². The zero-order chi connectivity index (χ0) is 25.7. The summed E-state index contributed by atoms with van der Waals surface area (Å²) in [5.41, 5.74) is 7.47. The Bertz CT molecular complexity index is 796. The fourth-order valence-electron chi connectivity index (χ4n) is 4.84. The van der Waals surface area contributed by atoms with Crippen molar-refractivity contribution in [1.82, 2.24) is 4.90 Å². The molecular weight excluding hydrogens is 619 g/mol. The Balaban J connectivity index is 0.00000612. The molecule has 2 aromatic rings. The topological polar surface area (TPSA) is 31.4 Å². The third kappa shape index (κ3) is 7.95. The molecule has 0 aliphatic rings. The van der Waals surface area contributed by atoms with Gasteiger partial charge in [-0.3, -0.25) is 0 Å². The Morgan fingerprint density at radius 2 is 0.771 bits per heavy atom. The van der Waals surface area contributed by atoms with Gasteiger partial charge in [-0.15, -0.1) is 17.7 Å². The zero-order valence-corrected chi connectivity index (χ0v) is 28.9. The first-order valence-corrected chi connectivity index (χ1v) is 13.3. The van der Waals surface area contributed by atoms with E-state index in [-0.39, 0.29) is 35.0 Å². The summed E-state index contributed by atoms with van der Waals surface area (Å²) in [6, 6.07) is 14.0. The van der Waals surface area contributed by atoms with Crippen molar-refractivity contribution in [3.63, 3.8) is 0 Å². The van der Waals surface area contributed by atoms with E-state index < -0.39 is 0 Å². The van der Waals surface area contributed by atoms with E-state index in [1.54, 1.807) is 0 Å². The summed E-state index contributed by atoms with van der Waals surface area (Å²) in [4.78, 5) is 2.45. The van der Waals surface area contributed by atoms with Gasteiger partial charge in [-0.1, -0.05) is 114 Å². The van der Waals surface area contributed by atoms with Crippen LogP contribution in [0.2, 0.25) is 0 Å². The molecule has 0 saturated carbocycles. The average Bonchev–Trinajstić information content (AvgIpc) is 2.72. The molecular formula is C31H51N3Tl-2. The van der Waals surface area contributed by atoms with Gasteiger partial charge >= 0.3 is 0 Å². The van der Waals surface area contributed by atoms with Crippen LogP contribution in [0.15, 0.2) is 36.4 Å². The maximum absolute atomic E-state index is 5.50. The van der Waals surface area contributed by atoms with Crippen molar-refractivity contribution in [2.45, 2.75) is 125 Å². The second-order valence-electron chi connectivity index (χ2n) is 11.4. The maximum atomic E-state index is 5.50. The maximum Gasteiger partial charge on any atom is 0.00114 e. The quantitative estimate of drug-likeness (QED) is 0.219. The molecule has 0 aliphatic heterocycles. The molecule has 0 fully saturated rings. The minimum atomic E-state index is -0.283. The zero-order valence-electron chi connectivity index (χ0n) is 24.4. The minimum Gasteiger partial charge on any atom is -0.684 e. The summed E-state index contributed by atoms with van der Waals surface area (Å²) < 4.78 is 0. The molecule has 0 unspecified atom stereocenters. The number of nitrogens with zero attached hydrogens (tertiary/aromatic N) is 3. The van der Waals surface area contributed by atoms with Gasteiger partial charge in [-0.05, 0) is 51.4 Å². The molecule has 0 aromatic heterocycles. The molecule has 195 valence electrons. The van der Waals surface area contributed by atoms with Gasteiger partial charge in [0.15, 0.2) is 0 Å². The first-order chi connectivity index (χ1) is 15.9. The molecule has 0 heterocycles. The van der Waals surface area contributed by atoms with Gasteiger partial charge in [0.1, 0.15) is 0 Å². The fourth-order valence-corrected chi connectivity index (χ4v) is 4.84. The molecule has 0 saturated heterocycles. The van der Waals surface area contributed by atoms with Gasteiger partial charge in [-0.2, -0.15) is 0 Å². The van der Waals surface area contributed by atoms with Crippen LogP contribution in [-0.4, -0.2) is 50.6 Å². The normalized spacial score (nSPS) is 12.1. The van der Waals surface area contributed by atoms with E-state index in [4.69, 9.17) is 10.6 Å². The van der Waals surface area contributed by atoms with Crippen LogP contribution in [0.25, 0.3) is 10.6 Å². The number of hydrogen-bond acceptors (Lipinski definition) is 1. The Kier molecular flexibility index (Phi) is 12.8. The van der Waals surface area contributed by atoms with Crippen molar-refractivity contribution in [1.29, 1.82) is 0 Å². The number of benzene rings is 2. The summed E-state index contributed by atoms with van der Waals surface area (Å²) >= 11 is 0. The van der Waals surface area contributed by atoms with Crippen molar-refractivity contribution in [3.8, 4) is 0 Å². The minimum absolute atomic E-state index is 0. The number of rotatable bonds is 11. The molecule has 2 rings (SSSR count). The van der Waals surface area contributed by atoms with Crippen molar-refractivity contribution in [3.05, 3.63) is 69.3 Å². The second-order valence-corrected chi connectivity index (χ2v) is 11.4. The first kappa shape index (κ1) is 32.0. The van der Waals surface area contributed by atoms with Gasteiger partial charge in [0.2, 0.25) is 0 Å². The molecule has 1 radical (unpaired) electrons. The van der Waals surface area contributed by atoms with Crippen molar-refractivity contribution >= 4 is 38.7 Å². The predicted molar refractivity (Wildman–Crippen MR) is 159 cm³/mol. The van der Waals surface area contributed by atoms with Gasteiger partial charge in [0.05, 0.1) is 0 Å². The molecule has 3 nitrogen and oxygen atoms in total. The van der Waals surface area contributed by atoms with E-state index in [9.17, 15) is 0 Å². The molecule has 0 amide bonds. The van der Waals surface area contributed by atoms with E-state index in [1.165, 1.54) is 22.3 Å². The van der Waals surface area contributed by atoms with Crippen molar-refractivity contribution in [2.75, 3.05) is 0 Å². The van der Waals surface area contributed by atoms with Crippen LogP contribution in [0.1, 0.15) is 130 Å². The second kappa shape index (κ2) is 14.0. The summed E-state index contributed by atoms with van der Waals surface area (Å²) in [6.45, 7) is 27.1. The van der Waals surface area contributed by atoms with Crippen LogP contribution in [0.5, 0.6) is 0 Å². The standard InChI is InChI=1S/C31H49N3.Tl.H2/c1-19(2)25-15-13-16-26(20(3)4)29(25)32-31(34(23(9)10)24(11)12)33-30-27(21(5)6)17-14-18-28(30)22(7)8;;/h13-24,31H,1-12H3;;1H/q-2;;. The average molecular weight is 670 g/mol. The fraction of sp³-hybridized carbons (Fsp3) is 0.613. The molecule has 0 N–H and O–H groups in total. The van der Waals surface area contributed by atoms with Crippen LogP contribution >= 0.6 is 0 Å². The largest absolute Gasteiger partial charge is 0.684 e. The molecule has 0 bridgehead atoms. The summed E-state index contributed by atoms with van der Waals surface area (Å²) in [5.74, 6) is 1.61. The Morgan fingerprint density at radius 1 is 0.514 bits per heavy atom. The van der Waals surface area contributed by atoms with E-state index in [2.05, 4.69) is 124 Å². The molecule has 0 spiro atoms. The molecule has 0 aliphatic carbocycles. The van der Waals surface area contributed by atoms with E-state index in [0.29, 0.717) is 35.8 Å². The Hall–Kier alpha value is -1.08. The van der Waals surface area contributed by atoms with Crippen LogP contribution in [0.4, 0.5) is 11.4 Å². The van der Waals surface area contributed by atoms with Crippen LogP contribution < -0.4 is 0 Å². The van der Waals surface area contributed by atoms with Crippen LogP contribution in [0.3, 0.4) is 0 Å². The van der Waals surface area contributed by atoms with Gasteiger partial charge in [0.25, 0.3) is 0 Å². The van der Waals surface area contributed by atoms with Crippen LogP contribution in [0, 0.1) is 0 Å². The first-order valence-electron chi connectivity index (χ1n) is 13.3. The van der Waals surface area contributed by atoms with E-state index in [1.807, 2.05) is 0 Å². The van der Waals surface area contributed by atoms with Gasteiger partial charge in [0, 0.05) is 40.8 Å². The van der Waals surface area contributed by atoms with E-state index >= 15 is 0 Å². The Labute approximate surface area is 238 Å². The molecule has 0 atom stereocenters. The monoisotopic (exact) mass is 670 g/mol. The Morgan fingerprint density at radius 3 is 0.971 bits per heavy atom. The molecule has 2 aromatic carbocycles. The SMILES string of the molecule is CC(C)c1cccc(C(C)C)c1[N-]C([N-]c1c(C(C)C)cccc1C(C)C)N(C(C)C)C(C)C.[HH].[Tl]. The molecule has 4 heteroatoms. The smallest absolute Gasteiger partial charge is 0.00114 e. The summed E-state index contributed by atoms with van der Waals surface area (Å²) in [5, 5.41) is 11.0. The summed E-state index contributed by atoms with van der Waals surface area (Å²) in [7, 11) is 0. The van der Waals surface area contributed by atoms with Gasteiger partial charge < -0.3 is 15.5 Å². The van der Waals surface area contributed by atoms with Crippen molar-refractivity contribution < 1.29 is 1.43 Å². The molecule has 35 heavy (non-hydrogen) atoms. The summed E-state index contributed by atoms with van der Waals surface area (Å²) in [6.07, 6.45) is -0.283.